The van der Waals surface area contributed by atoms with Crippen LogP contribution in [0.5, 0.6) is 11.5 Å². The molecule has 0 spiro atoms. The monoisotopic (exact) mass is 300 g/mol. The summed E-state index contributed by atoms with van der Waals surface area (Å²) in [6, 6.07) is 15.6. The molecule has 0 aliphatic rings. The molecule has 5 heteroatoms. The van der Waals surface area contributed by atoms with Crippen LogP contribution in [0.4, 0.5) is 0 Å². The van der Waals surface area contributed by atoms with Crippen molar-refractivity contribution >= 4 is 20.6 Å². The van der Waals surface area contributed by atoms with Crippen molar-refractivity contribution in [3.05, 3.63) is 60.7 Å². The van der Waals surface area contributed by atoms with Crippen LogP contribution in [-0.4, -0.2) is 18.6 Å². The molecule has 0 atom stereocenters. The molecule has 3 aromatic carbocycles. The molecule has 21 heavy (non-hydrogen) atoms. The molecule has 0 aliphatic heterocycles. The van der Waals surface area contributed by atoms with E-state index in [1.807, 2.05) is 24.3 Å². The molecule has 0 aromatic heterocycles. The molecular weight excluding hydrogens is 288 g/mol. The highest BCUT2D eigenvalue weighted by molar-refractivity contribution is 7.91. The summed E-state index contributed by atoms with van der Waals surface area (Å²) < 4.78 is 25.2. The van der Waals surface area contributed by atoms with Crippen molar-refractivity contribution < 1.29 is 18.6 Å². The third-order valence-electron chi connectivity index (χ3n) is 3.26. The van der Waals surface area contributed by atoms with Crippen LogP contribution in [0, 0.1) is 0 Å². The molecule has 0 saturated carbocycles. The van der Waals surface area contributed by atoms with Gasteiger partial charge in [0, 0.05) is 6.07 Å². The van der Waals surface area contributed by atoms with Crippen LogP contribution in [0.2, 0.25) is 0 Å². The third kappa shape index (κ3) is 2.32. The highest BCUT2D eigenvalue weighted by atomic mass is 32.2. The van der Waals surface area contributed by atoms with Crippen LogP contribution in [0.1, 0.15) is 0 Å². The fourth-order valence-corrected chi connectivity index (χ4v) is 3.58. The van der Waals surface area contributed by atoms with Gasteiger partial charge in [-0.25, -0.2) is 8.42 Å². The highest BCUT2D eigenvalue weighted by Gasteiger charge is 2.22. The smallest absolute Gasteiger partial charge is 0.210 e. The average molecular weight is 300 g/mol. The molecule has 106 valence electrons. The van der Waals surface area contributed by atoms with E-state index in [1.54, 1.807) is 12.1 Å². The first kappa shape index (κ1) is 13.5. The zero-order valence-corrected chi connectivity index (χ0v) is 11.7. The van der Waals surface area contributed by atoms with Crippen LogP contribution < -0.4 is 0 Å². The zero-order chi connectivity index (χ0) is 15.0. The summed E-state index contributed by atoms with van der Waals surface area (Å²) in [5.41, 5.74) is 0. The Morgan fingerprint density at radius 1 is 0.762 bits per heavy atom. The van der Waals surface area contributed by atoms with Crippen molar-refractivity contribution in [1.82, 2.24) is 0 Å². The minimum atomic E-state index is -3.89. The van der Waals surface area contributed by atoms with Crippen LogP contribution in [-0.2, 0) is 9.84 Å². The predicted molar refractivity (Wildman–Crippen MR) is 79.2 cm³/mol. The van der Waals surface area contributed by atoms with Gasteiger partial charge >= 0.3 is 0 Å². The Balaban J connectivity index is 2.22. The van der Waals surface area contributed by atoms with Crippen molar-refractivity contribution in [3.8, 4) is 11.5 Å². The number of rotatable bonds is 2. The van der Waals surface area contributed by atoms with E-state index in [0.29, 0.717) is 0 Å². The lowest BCUT2D eigenvalue weighted by molar-refractivity contribution is 0.445. The third-order valence-corrected chi connectivity index (χ3v) is 5.04. The van der Waals surface area contributed by atoms with Crippen LogP contribution in [0.3, 0.4) is 0 Å². The Kier molecular flexibility index (Phi) is 3.07. The van der Waals surface area contributed by atoms with Crippen LogP contribution in [0.15, 0.2) is 70.5 Å². The van der Waals surface area contributed by atoms with E-state index in [1.165, 1.54) is 12.1 Å². The molecule has 0 amide bonds. The second kappa shape index (κ2) is 4.79. The molecule has 2 N–H and O–H groups in total. The van der Waals surface area contributed by atoms with Gasteiger partial charge in [-0.15, -0.1) is 0 Å². The molecule has 0 bridgehead atoms. The Bertz CT molecular complexity index is 930. The van der Waals surface area contributed by atoms with Gasteiger partial charge < -0.3 is 10.2 Å². The van der Waals surface area contributed by atoms with Gasteiger partial charge in [-0.05, 0) is 35.0 Å². The summed E-state index contributed by atoms with van der Waals surface area (Å²) in [7, 11) is -3.89. The number of phenols is 2. The van der Waals surface area contributed by atoms with Crippen molar-refractivity contribution in [2.45, 2.75) is 9.79 Å². The molecule has 0 radical (unpaired) electrons. The quantitative estimate of drug-likeness (QED) is 0.713. The second-order valence-corrected chi connectivity index (χ2v) is 6.58. The molecule has 0 heterocycles. The Morgan fingerprint density at radius 2 is 1.48 bits per heavy atom. The van der Waals surface area contributed by atoms with Gasteiger partial charge in [-0.1, -0.05) is 30.3 Å². The molecule has 3 aromatic rings. The number of hydrogen-bond acceptors (Lipinski definition) is 4. The molecule has 0 unspecified atom stereocenters. The largest absolute Gasteiger partial charge is 0.508 e. The highest BCUT2D eigenvalue weighted by Crippen LogP contribution is 2.32. The topological polar surface area (TPSA) is 74.6 Å². The predicted octanol–water partition coefficient (Wildman–Crippen LogP) is 3.08. The van der Waals surface area contributed by atoms with Crippen molar-refractivity contribution in [2.24, 2.45) is 0 Å². The minimum Gasteiger partial charge on any atom is -0.508 e. The van der Waals surface area contributed by atoms with Crippen LogP contribution in [0.25, 0.3) is 10.8 Å². The van der Waals surface area contributed by atoms with Gasteiger partial charge in [0.2, 0.25) is 9.84 Å². The first-order valence-electron chi connectivity index (χ1n) is 6.24. The van der Waals surface area contributed by atoms with Crippen molar-refractivity contribution in [2.75, 3.05) is 0 Å². The average Bonchev–Trinajstić information content (AvgIpc) is 2.49. The van der Waals surface area contributed by atoms with Crippen molar-refractivity contribution in [1.29, 1.82) is 0 Å². The normalized spacial score (nSPS) is 11.6. The zero-order valence-electron chi connectivity index (χ0n) is 10.9. The number of aromatic hydroxyl groups is 2. The Morgan fingerprint density at radius 3 is 2.24 bits per heavy atom. The maximum absolute atomic E-state index is 12.6. The first-order valence-corrected chi connectivity index (χ1v) is 7.73. The lowest BCUT2D eigenvalue weighted by atomic mass is 10.1. The lowest BCUT2D eigenvalue weighted by Gasteiger charge is -2.08. The Hall–Kier alpha value is -2.53. The molecule has 0 fully saturated rings. The van der Waals surface area contributed by atoms with E-state index in [4.69, 9.17) is 0 Å². The summed E-state index contributed by atoms with van der Waals surface area (Å²) in [4.78, 5) is -0.236. The summed E-state index contributed by atoms with van der Waals surface area (Å²) >= 11 is 0. The van der Waals surface area contributed by atoms with Gasteiger partial charge in [0.05, 0.1) is 4.90 Å². The summed E-state index contributed by atoms with van der Waals surface area (Å²) in [6.45, 7) is 0. The summed E-state index contributed by atoms with van der Waals surface area (Å²) in [5, 5.41) is 20.9. The summed E-state index contributed by atoms with van der Waals surface area (Å²) in [5.74, 6) is -0.604. The number of hydrogen-bond donors (Lipinski definition) is 2. The van der Waals surface area contributed by atoms with E-state index in [2.05, 4.69) is 0 Å². The number of sulfone groups is 1. The SMILES string of the molecule is O=S(=O)(c1ccc2ccccc2c1)c1cc(O)ccc1O. The number of fused-ring (bicyclic) bond motifs is 1. The molecule has 0 aliphatic carbocycles. The van der Waals surface area contributed by atoms with Gasteiger partial charge in [0.25, 0.3) is 0 Å². The maximum atomic E-state index is 12.6. The van der Waals surface area contributed by atoms with Gasteiger partial charge in [0.1, 0.15) is 16.4 Å². The van der Waals surface area contributed by atoms with E-state index in [0.717, 1.165) is 22.9 Å². The minimum absolute atomic E-state index is 0.0714. The van der Waals surface area contributed by atoms with Gasteiger partial charge in [0.15, 0.2) is 0 Å². The van der Waals surface area contributed by atoms with E-state index < -0.39 is 9.84 Å². The van der Waals surface area contributed by atoms with Gasteiger partial charge in [-0.3, -0.25) is 0 Å². The first-order chi connectivity index (χ1) is 9.98. The summed E-state index contributed by atoms with van der Waals surface area (Å²) in [6.07, 6.45) is 0. The fraction of sp³-hybridized carbons (Fsp3) is 0. The van der Waals surface area contributed by atoms with E-state index in [-0.39, 0.29) is 21.3 Å². The molecule has 3 rings (SSSR count). The standard InChI is InChI=1S/C16H12O4S/c17-13-6-8-15(18)16(10-13)21(19,20)14-7-5-11-3-1-2-4-12(11)9-14/h1-10,17-18H. The lowest BCUT2D eigenvalue weighted by Crippen LogP contribution is -2.02. The number of phenolic OH excluding ortho intramolecular Hbond substituents is 2. The molecule has 0 saturated heterocycles. The second-order valence-electron chi connectivity index (χ2n) is 4.66. The molecular formula is C16H12O4S. The van der Waals surface area contributed by atoms with E-state index >= 15 is 0 Å². The van der Waals surface area contributed by atoms with E-state index in [9.17, 15) is 18.6 Å². The Labute approximate surface area is 121 Å². The number of benzene rings is 3. The fourth-order valence-electron chi connectivity index (χ4n) is 2.18. The maximum Gasteiger partial charge on any atom is 0.210 e. The molecule has 4 nitrogen and oxygen atoms in total. The van der Waals surface area contributed by atoms with Gasteiger partial charge in [-0.2, -0.15) is 0 Å². The van der Waals surface area contributed by atoms with Crippen molar-refractivity contribution in [3.63, 3.8) is 0 Å². The van der Waals surface area contributed by atoms with Crippen LogP contribution >= 0.6 is 0 Å².